The number of pyridine rings is 1. The van der Waals surface area contributed by atoms with Gasteiger partial charge in [0.2, 0.25) is 0 Å². The Bertz CT molecular complexity index is 466. The minimum atomic E-state index is -0.731. The quantitative estimate of drug-likeness (QED) is 0.851. The van der Waals surface area contributed by atoms with E-state index in [0.717, 1.165) is 12.8 Å². The number of halogens is 2. The molecule has 1 N–H and O–H groups in total. The molecule has 0 atom stereocenters. The Morgan fingerprint density at radius 2 is 1.83 bits per heavy atom. The zero-order valence-electron chi connectivity index (χ0n) is 9.49. The predicted octanol–water partition coefficient (Wildman–Crippen LogP) is 2.03. The standard InChI is InChI=1S/C11H12Cl2N2O2S/c12-9-5-7(6-10(13)15-9)11(16)14-8-1-3-18(17)4-2-8/h5-6,8H,1-4H2,(H,14,16). The Morgan fingerprint density at radius 3 is 2.39 bits per heavy atom. The van der Waals surface area contributed by atoms with Crippen molar-refractivity contribution in [3.63, 3.8) is 0 Å². The van der Waals surface area contributed by atoms with Crippen molar-refractivity contribution in [3.8, 4) is 0 Å². The van der Waals surface area contributed by atoms with E-state index in [2.05, 4.69) is 10.3 Å². The molecule has 1 amide bonds. The van der Waals surface area contributed by atoms with Crippen LogP contribution in [0.1, 0.15) is 23.2 Å². The van der Waals surface area contributed by atoms with E-state index in [4.69, 9.17) is 23.2 Å². The van der Waals surface area contributed by atoms with Gasteiger partial charge in [0.25, 0.3) is 5.91 Å². The van der Waals surface area contributed by atoms with Gasteiger partial charge in [-0.3, -0.25) is 9.00 Å². The van der Waals surface area contributed by atoms with Crippen LogP contribution in [0.3, 0.4) is 0 Å². The highest BCUT2D eigenvalue weighted by Crippen LogP contribution is 2.16. The van der Waals surface area contributed by atoms with E-state index in [1.54, 1.807) is 0 Å². The summed E-state index contributed by atoms with van der Waals surface area (Å²) < 4.78 is 11.2. The average molecular weight is 307 g/mol. The molecule has 0 saturated carbocycles. The first-order chi connectivity index (χ1) is 8.54. The summed E-state index contributed by atoms with van der Waals surface area (Å²) in [5.41, 5.74) is 0.395. The van der Waals surface area contributed by atoms with Crippen LogP contribution in [-0.4, -0.2) is 32.6 Å². The maximum atomic E-state index is 12.0. The Kier molecular flexibility index (Phi) is 4.59. The second-order valence-corrected chi connectivity index (χ2v) is 6.57. The van der Waals surface area contributed by atoms with Crippen LogP contribution in [0.5, 0.6) is 0 Å². The van der Waals surface area contributed by atoms with Crippen LogP contribution in [0.2, 0.25) is 10.3 Å². The Morgan fingerprint density at radius 1 is 1.28 bits per heavy atom. The Labute approximate surface area is 118 Å². The third kappa shape index (κ3) is 3.67. The molecule has 1 aliphatic rings. The van der Waals surface area contributed by atoms with E-state index >= 15 is 0 Å². The van der Waals surface area contributed by atoms with Crippen LogP contribution >= 0.6 is 23.2 Å². The molecule has 7 heteroatoms. The molecule has 0 aliphatic carbocycles. The molecule has 4 nitrogen and oxygen atoms in total. The van der Waals surface area contributed by atoms with Crippen LogP contribution in [-0.2, 0) is 10.8 Å². The van der Waals surface area contributed by atoms with Gasteiger partial charge in [-0.2, -0.15) is 0 Å². The summed E-state index contributed by atoms with van der Waals surface area (Å²) in [5.74, 6) is 1.06. The highest BCUT2D eigenvalue weighted by atomic mass is 35.5. The maximum Gasteiger partial charge on any atom is 0.251 e. The lowest BCUT2D eigenvalue weighted by atomic mass is 10.1. The zero-order chi connectivity index (χ0) is 13.1. The van der Waals surface area contributed by atoms with E-state index in [1.165, 1.54) is 12.1 Å². The summed E-state index contributed by atoms with van der Waals surface area (Å²) in [6.07, 6.45) is 1.48. The molecule has 1 saturated heterocycles. The van der Waals surface area contributed by atoms with Crippen LogP contribution in [0, 0.1) is 0 Å². The second kappa shape index (κ2) is 5.99. The van der Waals surface area contributed by atoms with Gasteiger partial charge in [-0.1, -0.05) is 23.2 Å². The van der Waals surface area contributed by atoms with Crippen molar-refractivity contribution in [1.29, 1.82) is 0 Å². The van der Waals surface area contributed by atoms with E-state index in [9.17, 15) is 9.00 Å². The van der Waals surface area contributed by atoms with E-state index < -0.39 is 10.8 Å². The third-order valence-electron chi connectivity index (χ3n) is 2.75. The SMILES string of the molecule is O=C(NC1CCS(=O)CC1)c1cc(Cl)nc(Cl)c1. The molecule has 2 rings (SSSR count). The van der Waals surface area contributed by atoms with Gasteiger partial charge in [-0.25, -0.2) is 4.98 Å². The lowest BCUT2D eigenvalue weighted by Crippen LogP contribution is -2.39. The molecule has 1 aliphatic heterocycles. The largest absolute Gasteiger partial charge is 0.349 e. The monoisotopic (exact) mass is 306 g/mol. The molecule has 0 unspecified atom stereocenters. The minimum Gasteiger partial charge on any atom is -0.349 e. The van der Waals surface area contributed by atoms with Gasteiger partial charge in [0, 0.05) is 33.9 Å². The first-order valence-electron chi connectivity index (χ1n) is 5.53. The van der Waals surface area contributed by atoms with Crippen molar-refractivity contribution in [1.82, 2.24) is 10.3 Å². The lowest BCUT2D eigenvalue weighted by Gasteiger charge is -2.22. The molecule has 1 aromatic heterocycles. The number of nitrogens with one attached hydrogen (secondary N) is 1. The molecule has 0 radical (unpaired) electrons. The van der Waals surface area contributed by atoms with Gasteiger partial charge in [0.05, 0.1) is 0 Å². The Balaban J connectivity index is 2.01. The molecule has 0 spiro atoms. The van der Waals surface area contributed by atoms with Crippen LogP contribution < -0.4 is 5.32 Å². The fourth-order valence-corrected chi connectivity index (χ4v) is 3.56. The summed E-state index contributed by atoms with van der Waals surface area (Å²) in [7, 11) is -0.731. The summed E-state index contributed by atoms with van der Waals surface area (Å²) in [4.78, 5) is 15.8. The van der Waals surface area contributed by atoms with Crippen LogP contribution in [0.25, 0.3) is 0 Å². The normalized spacial score (nSPS) is 23.7. The maximum absolute atomic E-state index is 12.0. The van der Waals surface area contributed by atoms with Gasteiger partial charge < -0.3 is 5.32 Å². The summed E-state index contributed by atoms with van der Waals surface area (Å²) in [6.45, 7) is 0. The van der Waals surface area contributed by atoms with E-state index in [-0.39, 0.29) is 22.3 Å². The van der Waals surface area contributed by atoms with E-state index in [0.29, 0.717) is 17.1 Å². The number of carbonyl (C=O) groups is 1. The lowest BCUT2D eigenvalue weighted by molar-refractivity contribution is 0.0934. The molecule has 98 valence electrons. The topological polar surface area (TPSA) is 59.1 Å². The van der Waals surface area contributed by atoms with Gasteiger partial charge in [0.1, 0.15) is 10.3 Å². The minimum absolute atomic E-state index is 0.0703. The number of hydrogen-bond donors (Lipinski definition) is 1. The third-order valence-corrected chi connectivity index (χ3v) is 4.52. The smallest absolute Gasteiger partial charge is 0.251 e. The zero-order valence-corrected chi connectivity index (χ0v) is 11.8. The van der Waals surface area contributed by atoms with Crippen molar-refractivity contribution in [3.05, 3.63) is 28.0 Å². The number of hydrogen-bond acceptors (Lipinski definition) is 3. The number of rotatable bonds is 2. The first kappa shape index (κ1) is 13.8. The van der Waals surface area contributed by atoms with Crippen LogP contribution in [0.15, 0.2) is 12.1 Å². The molecule has 0 aromatic carbocycles. The fraction of sp³-hybridized carbons (Fsp3) is 0.455. The molecular weight excluding hydrogens is 295 g/mol. The molecule has 0 bridgehead atoms. The molecule has 2 heterocycles. The molecule has 1 fully saturated rings. The summed E-state index contributed by atoms with van der Waals surface area (Å²) >= 11 is 11.5. The van der Waals surface area contributed by atoms with Gasteiger partial charge in [-0.05, 0) is 25.0 Å². The molecular formula is C11H12Cl2N2O2S. The highest BCUT2D eigenvalue weighted by molar-refractivity contribution is 7.85. The highest BCUT2D eigenvalue weighted by Gasteiger charge is 2.20. The van der Waals surface area contributed by atoms with Crippen molar-refractivity contribution in [2.24, 2.45) is 0 Å². The van der Waals surface area contributed by atoms with Crippen molar-refractivity contribution in [2.45, 2.75) is 18.9 Å². The summed E-state index contributed by atoms with van der Waals surface area (Å²) in [6, 6.07) is 3.02. The summed E-state index contributed by atoms with van der Waals surface area (Å²) in [5, 5.41) is 3.28. The molecule has 18 heavy (non-hydrogen) atoms. The van der Waals surface area contributed by atoms with Gasteiger partial charge >= 0.3 is 0 Å². The first-order valence-corrected chi connectivity index (χ1v) is 7.78. The Hall–Kier alpha value is -0.650. The fourth-order valence-electron chi connectivity index (χ4n) is 1.80. The molecule has 1 aromatic rings. The van der Waals surface area contributed by atoms with Crippen molar-refractivity contribution < 1.29 is 9.00 Å². The second-order valence-electron chi connectivity index (χ2n) is 4.10. The van der Waals surface area contributed by atoms with Crippen LogP contribution in [0.4, 0.5) is 0 Å². The van der Waals surface area contributed by atoms with Gasteiger partial charge in [-0.15, -0.1) is 0 Å². The van der Waals surface area contributed by atoms with Gasteiger partial charge in [0.15, 0.2) is 0 Å². The van der Waals surface area contributed by atoms with E-state index in [1.807, 2.05) is 0 Å². The number of nitrogens with zero attached hydrogens (tertiary/aromatic N) is 1. The average Bonchev–Trinajstić information content (AvgIpc) is 2.31. The number of amides is 1. The van der Waals surface area contributed by atoms with Crippen molar-refractivity contribution >= 4 is 39.9 Å². The number of aromatic nitrogens is 1. The predicted molar refractivity (Wildman–Crippen MR) is 72.6 cm³/mol. The van der Waals surface area contributed by atoms with Crippen molar-refractivity contribution in [2.75, 3.05) is 11.5 Å². The number of carbonyl (C=O) groups excluding carboxylic acids is 1.